The van der Waals surface area contributed by atoms with Gasteiger partial charge in [-0.2, -0.15) is 8.78 Å². The summed E-state index contributed by atoms with van der Waals surface area (Å²) < 4.78 is 47.8. The predicted octanol–water partition coefficient (Wildman–Crippen LogP) is 4.07. The lowest BCUT2D eigenvalue weighted by atomic mass is 10.1. The van der Waals surface area contributed by atoms with Gasteiger partial charge in [0.25, 0.3) is 0 Å². The van der Waals surface area contributed by atoms with E-state index in [2.05, 4.69) is 34.7 Å². The fraction of sp³-hybridized carbons (Fsp3) is 0.571. The van der Waals surface area contributed by atoms with Crippen molar-refractivity contribution in [1.29, 1.82) is 0 Å². The third-order valence-corrected chi connectivity index (χ3v) is 5.19. The molecule has 0 spiro atoms. The van der Waals surface area contributed by atoms with Gasteiger partial charge in [0, 0.05) is 23.6 Å². The number of anilines is 1. The Kier molecular flexibility index (Phi) is 7.06. The smallest absolute Gasteiger partial charge is 0.341 e. The first-order valence-corrected chi connectivity index (χ1v) is 9.49. The van der Waals surface area contributed by atoms with Gasteiger partial charge in [-0.1, -0.05) is 29.8 Å². The van der Waals surface area contributed by atoms with Crippen molar-refractivity contribution in [3.63, 3.8) is 0 Å². The van der Waals surface area contributed by atoms with Gasteiger partial charge in [0.15, 0.2) is 0 Å². The van der Waals surface area contributed by atoms with E-state index < -0.39 is 15.6 Å². The number of nitrogens with zero attached hydrogens (tertiary/aromatic N) is 1. The highest BCUT2D eigenvalue weighted by atomic mass is 79.9. The zero-order valence-electron chi connectivity index (χ0n) is 12.1. The Morgan fingerprint density at radius 1 is 1.14 bits per heavy atom. The topological polar surface area (TPSA) is 37.4 Å². The van der Waals surface area contributed by atoms with Gasteiger partial charge in [-0.3, -0.25) is 0 Å². The van der Waals surface area contributed by atoms with Gasteiger partial charge in [0.05, 0.1) is 4.90 Å². The molecule has 0 fully saturated rings. The second-order valence-electron chi connectivity index (χ2n) is 4.65. The maximum absolute atomic E-state index is 12.5. The molecule has 1 aromatic carbocycles. The summed E-state index contributed by atoms with van der Waals surface area (Å²) in [6.07, 6.45) is 1.92. The van der Waals surface area contributed by atoms with Crippen molar-refractivity contribution in [2.75, 3.05) is 16.8 Å². The highest BCUT2D eigenvalue weighted by molar-refractivity contribution is 9.09. The Hall–Kier alpha value is -0.690. The van der Waals surface area contributed by atoms with Gasteiger partial charge in [-0.05, 0) is 37.1 Å². The lowest BCUT2D eigenvalue weighted by Crippen LogP contribution is -2.36. The van der Waals surface area contributed by atoms with E-state index in [0.29, 0.717) is 6.04 Å². The van der Waals surface area contributed by atoms with Crippen LogP contribution in [0.4, 0.5) is 14.5 Å². The maximum atomic E-state index is 12.5. The zero-order chi connectivity index (χ0) is 16.0. The molecule has 0 unspecified atom stereocenters. The first-order chi connectivity index (χ1) is 9.88. The summed E-state index contributed by atoms with van der Waals surface area (Å²) in [6.45, 7) is 4.95. The molecule has 0 aromatic heterocycles. The van der Waals surface area contributed by atoms with Crippen LogP contribution in [0, 0.1) is 0 Å². The van der Waals surface area contributed by atoms with Crippen molar-refractivity contribution in [2.45, 2.75) is 43.4 Å². The van der Waals surface area contributed by atoms with Gasteiger partial charge in [-0.25, -0.2) is 8.42 Å². The highest BCUT2D eigenvalue weighted by Gasteiger charge is 2.26. The van der Waals surface area contributed by atoms with Gasteiger partial charge in [-0.15, -0.1) is 0 Å². The third kappa shape index (κ3) is 4.39. The third-order valence-electron chi connectivity index (χ3n) is 3.44. The summed E-state index contributed by atoms with van der Waals surface area (Å²) in [5.41, 5.74) is 0.844. The van der Waals surface area contributed by atoms with Crippen molar-refractivity contribution in [3.8, 4) is 0 Å². The number of benzene rings is 1. The quantitative estimate of drug-likeness (QED) is 0.634. The van der Waals surface area contributed by atoms with Crippen molar-refractivity contribution in [2.24, 2.45) is 0 Å². The van der Waals surface area contributed by atoms with Crippen molar-refractivity contribution in [3.05, 3.63) is 24.3 Å². The first kappa shape index (κ1) is 18.4. The molecule has 0 saturated heterocycles. The SMILES string of the molecule is CCC(CC)N(CCBr)c1ccc(S(=O)(=O)C(F)F)cc1. The first-order valence-electron chi connectivity index (χ1n) is 6.83. The van der Waals surface area contributed by atoms with E-state index in [1.54, 1.807) is 12.1 Å². The summed E-state index contributed by atoms with van der Waals surface area (Å²) in [6, 6.07) is 6.02. The molecule has 1 rings (SSSR count). The Balaban J connectivity index is 3.09. The molecule has 7 heteroatoms. The standard InChI is InChI=1S/C14H20BrF2NO2S/c1-3-11(4-2)18(10-9-15)12-5-7-13(8-6-12)21(19,20)14(16)17/h5-8,11,14H,3-4,9-10H2,1-2H3. The Morgan fingerprint density at radius 2 is 1.67 bits per heavy atom. The summed E-state index contributed by atoms with van der Waals surface area (Å²) in [4.78, 5) is 1.82. The minimum absolute atomic E-state index is 0.333. The highest BCUT2D eigenvalue weighted by Crippen LogP contribution is 2.25. The van der Waals surface area contributed by atoms with Crippen LogP contribution in [0.3, 0.4) is 0 Å². The Bertz CT molecular complexity index is 530. The number of sulfone groups is 1. The summed E-state index contributed by atoms with van der Waals surface area (Å²) >= 11 is 3.40. The van der Waals surface area contributed by atoms with Crippen LogP contribution in [0.2, 0.25) is 0 Å². The van der Waals surface area contributed by atoms with E-state index in [1.165, 1.54) is 12.1 Å². The number of rotatable bonds is 8. The summed E-state index contributed by atoms with van der Waals surface area (Å²) in [7, 11) is -4.52. The second kappa shape index (κ2) is 8.08. The average molecular weight is 384 g/mol. The van der Waals surface area contributed by atoms with Gasteiger partial charge < -0.3 is 4.90 Å². The lowest BCUT2D eigenvalue weighted by molar-refractivity contribution is 0.234. The predicted molar refractivity (Wildman–Crippen MR) is 85.1 cm³/mol. The normalized spacial score (nSPS) is 12.1. The van der Waals surface area contributed by atoms with E-state index in [-0.39, 0.29) is 4.90 Å². The van der Waals surface area contributed by atoms with Gasteiger partial charge in [0.1, 0.15) is 0 Å². The lowest BCUT2D eigenvalue weighted by Gasteiger charge is -2.32. The van der Waals surface area contributed by atoms with Crippen LogP contribution in [-0.4, -0.2) is 32.1 Å². The number of hydrogen-bond acceptors (Lipinski definition) is 3. The Morgan fingerprint density at radius 3 is 2.05 bits per heavy atom. The molecular formula is C14H20BrF2NO2S. The summed E-state index contributed by atoms with van der Waals surface area (Å²) in [5.74, 6) is -3.39. The molecule has 120 valence electrons. The molecule has 1 aromatic rings. The van der Waals surface area contributed by atoms with Gasteiger partial charge in [0.2, 0.25) is 9.84 Å². The molecule has 0 N–H and O–H groups in total. The van der Waals surface area contributed by atoms with E-state index in [0.717, 1.165) is 30.4 Å². The zero-order valence-corrected chi connectivity index (χ0v) is 14.5. The van der Waals surface area contributed by atoms with Crippen LogP contribution in [0.15, 0.2) is 29.2 Å². The van der Waals surface area contributed by atoms with Crippen LogP contribution in [0.5, 0.6) is 0 Å². The van der Waals surface area contributed by atoms with Crippen molar-refractivity contribution in [1.82, 2.24) is 0 Å². The molecule has 0 bridgehead atoms. The fourth-order valence-corrected chi connectivity index (χ4v) is 3.38. The number of halogens is 3. The maximum Gasteiger partial charge on any atom is 0.341 e. The van der Waals surface area contributed by atoms with Crippen LogP contribution < -0.4 is 4.90 Å². The molecule has 0 radical (unpaired) electrons. The minimum atomic E-state index is -4.52. The largest absolute Gasteiger partial charge is 0.368 e. The van der Waals surface area contributed by atoms with E-state index >= 15 is 0 Å². The van der Waals surface area contributed by atoms with E-state index in [4.69, 9.17) is 0 Å². The molecule has 0 aliphatic rings. The van der Waals surface area contributed by atoms with Crippen molar-refractivity contribution >= 4 is 31.5 Å². The number of hydrogen-bond donors (Lipinski definition) is 0. The van der Waals surface area contributed by atoms with Gasteiger partial charge >= 0.3 is 5.76 Å². The van der Waals surface area contributed by atoms with Crippen LogP contribution in [-0.2, 0) is 9.84 Å². The molecule has 21 heavy (non-hydrogen) atoms. The number of alkyl halides is 3. The van der Waals surface area contributed by atoms with Crippen LogP contribution >= 0.6 is 15.9 Å². The Labute approximate surface area is 133 Å². The fourth-order valence-electron chi connectivity index (χ4n) is 2.27. The monoisotopic (exact) mass is 383 g/mol. The molecule has 0 atom stereocenters. The molecular weight excluding hydrogens is 364 g/mol. The average Bonchev–Trinajstić information content (AvgIpc) is 2.47. The molecule has 0 aliphatic carbocycles. The molecule has 0 saturated carbocycles. The minimum Gasteiger partial charge on any atom is -0.368 e. The molecule has 0 heterocycles. The molecule has 3 nitrogen and oxygen atoms in total. The molecule has 0 aliphatic heterocycles. The van der Waals surface area contributed by atoms with Crippen LogP contribution in [0.1, 0.15) is 26.7 Å². The van der Waals surface area contributed by atoms with Crippen LogP contribution in [0.25, 0.3) is 0 Å². The molecule has 0 amide bonds. The summed E-state index contributed by atoms with van der Waals surface area (Å²) in [5, 5.41) is 0.778. The second-order valence-corrected chi connectivity index (χ2v) is 7.36. The van der Waals surface area contributed by atoms with E-state index in [9.17, 15) is 17.2 Å². The van der Waals surface area contributed by atoms with E-state index in [1.807, 2.05) is 0 Å². The van der Waals surface area contributed by atoms with Crippen molar-refractivity contribution < 1.29 is 17.2 Å².